The number of rotatable bonds is 11. The van der Waals surface area contributed by atoms with Crippen molar-refractivity contribution >= 4 is 23.4 Å². The van der Waals surface area contributed by atoms with Gasteiger partial charge in [0.05, 0.1) is 24.6 Å². The lowest BCUT2D eigenvalue weighted by Crippen LogP contribution is -2.46. The molecule has 0 amide bonds. The number of anilines is 2. The minimum Gasteiger partial charge on any atom is -0.489 e. The molecule has 3 aromatic rings. The molecular formula is C31H41N5O7. The molecule has 0 aliphatic carbocycles. The largest absolute Gasteiger partial charge is 0.489 e. The fraction of sp³-hybridized carbons (Fsp3) is 0.419. The van der Waals surface area contributed by atoms with Crippen molar-refractivity contribution in [2.45, 2.75) is 45.9 Å². The summed E-state index contributed by atoms with van der Waals surface area (Å²) in [7, 11) is 3.14. The van der Waals surface area contributed by atoms with Crippen molar-refractivity contribution in [2.75, 3.05) is 36.4 Å². The van der Waals surface area contributed by atoms with Crippen LogP contribution < -0.4 is 26.2 Å². The van der Waals surface area contributed by atoms with Crippen molar-refractivity contribution < 1.29 is 24.5 Å². The van der Waals surface area contributed by atoms with E-state index in [1.54, 1.807) is 7.05 Å². The van der Waals surface area contributed by atoms with Crippen LogP contribution in [-0.2, 0) is 36.8 Å². The number of piperazine rings is 1. The van der Waals surface area contributed by atoms with Crippen LogP contribution in [0.5, 0.6) is 5.75 Å². The molecule has 0 unspecified atom stereocenters. The number of hydrogen-bond acceptors (Lipinski definition) is 8. The van der Waals surface area contributed by atoms with Crippen molar-refractivity contribution in [2.24, 2.45) is 14.1 Å². The van der Waals surface area contributed by atoms with Gasteiger partial charge < -0.3 is 25.2 Å². The van der Waals surface area contributed by atoms with E-state index >= 15 is 0 Å². The number of carboxylic acids is 2. The normalized spacial score (nSPS) is 13.3. The highest BCUT2D eigenvalue weighted by Crippen LogP contribution is 2.30. The Labute approximate surface area is 250 Å². The quantitative estimate of drug-likeness (QED) is 0.302. The van der Waals surface area contributed by atoms with Gasteiger partial charge in [-0.1, -0.05) is 36.4 Å². The molecule has 1 aromatic heterocycles. The van der Waals surface area contributed by atoms with Crippen molar-refractivity contribution in [3.05, 3.63) is 86.6 Å². The van der Waals surface area contributed by atoms with Gasteiger partial charge >= 0.3 is 17.6 Å². The molecule has 4 rings (SSSR count). The zero-order chi connectivity index (χ0) is 31.5. The Hall–Kier alpha value is -4.58. The van der Waals surface area contributed by atoms with Gasteiger partial charge in [0.2, 0.25) is 0 Å². The van der Waals surface area contributed by atoms with E-state index in [0.717, 1.165) is 48.6 Å². The third-order valence-corrected chi connectivity index (χ3v) is 6.89. The second-order valence-electron chi connectivity index (χ2n) is 10.6. The lowest BCUT2D eigenvalue weighted by atomic mass is 10.1. The average Bonchev–Trinajstić information content (AvgIpc) is 2.97. The summed E-state index contributed by atoms with van der Waals surface area (Å²) in [5.41, 5.74) is 2.86. The number of hydrogen-bond donors (Lipinski definition) is 3. The lowest BCUT2D eigenvalue weighted by Gasteiger charge is -2.37. The molecular weight excluding hydrogens is 554 g/mol. The molecule has 0 bridgehead atoms. The third-order valence-electron chi connectivity index (χ3n) is 6.89. The monoisotopic (exact) mass is 595 g/mol. The average molecular weight is 596 g/mol. The van der Waals surface area contributed by atoms with Crippen molar-refractivity contribution in [3.8, 4) is 5.75 Å². The highest BCUT2D eigenvalue weighted by Gasteiger charge is 2.20. The molecule has 43 heavy (non-hydrogen) atoms. The minimum absolute atomic E-state index is 0.149. The van der Waals surface area contributed by atoms with Crippen LogP contribution in [-0.4, -0.2) is 68.5 Å². The zero-order valence-electron chi connectivity index (χ0n) is 25.2. The maximum absolute atomic E-state index is 12.1. The Balaban J connectivity index is 0.000000557. The summed E-state index contributed by atoms with van der Waals surface area (Å²) in [6.07, 6.45) is -0.443. The number of aliphatic carboxylic acids is 2. The van der Waals surface area contributed by atoms with Crippen molar-refractivity contribution in [3.63, 3.8) is 0 Å². The van der Waals surface area contributed by atoms with Gasteiger partial charge in [0, 0.05) is 59.4 Å². The number of nitrogens with zero attached hydrogens (tertiary/aromatic N) is 4. The first-order valence-electron chi connectivity index (χ1n) is 14.2. The second-order valence-corrected chi connectivity index (χ2v) is 10.6. The van der Waals surface area contributed by atoms with Crippen LogP contribution in [0.4, 0.5) is 11.5 Å². The molecule has 0 atom stereocenters. The molecule has 2 aromatic carbocycles. The first-order valence-corrected chi connectivity index (χ1v) is 14.2. The Morgan fingerprint density at radius 3 is 2.12 bits per heavy atom. The van der Waals surface area contributed by atoms with E-state index in [-0.39, 0.29) is 30.2 Å². The predicted octanol–water partition coefficient (Wildman–Crippen LogP) is 2.74. The molecule has 1 saturated heterocycles. The molecule has 1 aliphatic heterocycles. The maximum atomic E-state index is 12.1. The summed E-state index contributed by atoms with van der Waals surface area (Å²) in [5.74, 6) is -0.689. The highest BCUT2D eigenvalue weighted by atomic mass is 16.5. The van der Waals surface area contributed by atoms with Crippen LogP contribution in [0.25, 0.3) is 0 Å². The van der Waals surface area contributed by atoms with Gasteiger partial charge in [-0.3, -0.25) is 28.4 Å². The molecule has 232 valence electrons. The topological polar surface area (TPSA) is 146 Å². The first kappa shape index (κ1) is 32.9. The molecule has 1 fully saturated rings. The van der Waals surface area contributed by atoms with Crippen LogP contribution in [0.15, 0.2) is 64.2 Å². The number of carbonyl (C=O) groups is 2. The Morgan fingerprint density at radius 1 is 0.860 bits per heavy atom. The van der Waals surface area contributed by atoms with Crippen molar-refractivity contribution in [1.82, 2.24) is 14.0 Å². The summed E-state index contributed by atoms with van der Waals surface area (Å²) in [4.78, 5) is 48.3. The van der Waals surface area contributed by atoms with Gasteiger partial charge in [-0.25, -0.2) is 4.79 Å². The van der Waals surface area contributed by atoms with Crippen LogP contribution in [0.2, 0.25) is 0 Å². The van der Waals surface area contributed by atoms with E-state index in [9.17, 15) is 19.2 Å². The van der Waals surface area contributed by atoms with Gasteiger partial charge in [-0.15, -0.1) is 0 Å². The van der Waals surface area contributed by atoms with E-state index in [1.807, 2.05) is 12.1 Å². The molecule has 0 spiro atoms. The minimum atomic E-state index is -1.08. The molecule has 0 saturated carbocycles. The summed E-state index contributed by atoms with van der Waals surface area (Å²) >= 11 is 0. The lowest BCUT2D eigenvalue weighted by molar-refractivity contribution is -0.143. The van der Waals surface area contributed by atoms with Gasteiger partial charge in [0.25, 0.3) is 5.56 Å². The molecule has 3 N–H and O–H groups in total. The number of ether oxygens (including phenoxy) is 1. The fourth-order valence-corrected chi connectivity index (χ4v) is 4.62. The number of nitrogens with one attached hydrogen (secondary N) is 1. The smallest absolute Gasteiger partial charge is 0.332 e. The molecule has 1 aliphatic rings. The van der Waals surface area contributed by atoms with Crippen LogP contribution in [0.3, 0.4) is 0 Å². The molecule has 12 nitrogen and oxygen atoms in total. The summed E-state index contributed by atoms with van der Waals surface area (Å²) < 4.78 is 8.57. The van der Waals surface area contributed by atoms with E-state index in [1.165, 1.54) is 28.9 Å². The van der Waals surface area contributed by atoms with E-state index in [2.05, 4.69) is 65.4 Å². The summed E-state index contributed by atoms with van der Waals surface area (Å²) in [6.45, 7) is 9.40. The maximum Gasteiger partial charge on any atom is 0.332 e. The summed E-state index contributed by atoms with van der Waals surface area (Å²) in [6, 6.07) is 18.2. The predicted molar refractivity (Wildman–Crippen MR) is 165 cm³/mol. The van der Waals surface area contributed by atoms with Crippen LogP contribution in [0.1, 0.15) is 37.8 Å². The van der Waals surface area contributed by atoms with Gasteiger partial charge in [0.1, 0.15) is 11.6 Å². The van der Waals surface area contributed by atoms with Gasteiger partial charge in [-0.05, 0) is 37.1 Å². The van der Waals surface area contributed by atoms with E-state index < -0.39 is 11.9 Å². The van der Waals surface area contributed by atoms with Gasteiger partial charge in [-0.2, -0.15) is 0 Å². The first-order chi connectivity index (χ1) is 20.4. The highest BCUT2D eigenvalue weighted by molar-refractivity contribution is 5.75. The standard InChI is InChI=1S/C27H35N5O3.C4H6O4/c1-20(2)35-24-11-6-5-10-23(24)32-14-12-31(13-15-32)19-22-9-7-8-21(16-22)18-28-25-17-26(33)30(4)27(34)29(25)3;5-3(6)1-2-4(7)8/h5-11,16-17,20,28H,12-15,18-19H2,1-4H3;1-2H2,(H,5,6)(H,7,8). The summed E-state index contributed by atoms with van der Waals surface area (Å²) in [5, 5.41) is 19.0. The Bertz CT molecular complexity index is 1490. The number of benzene rings is 2. The number of aromatic nitrogens is 2. The number of carboxylic acid groups (broad SMARTS) is 2. The van der Waals surface area contributed by atoms with Gasteiger partial charge in [0.15, 0.2) is 0 Å². The van der Waals surface area contributed by atoms with E-state index in [0.29, 0.717) is 12.4 Å². The zero-order valence-corrected chi connectivity index (χ0v) is 25.2. The Kier molecular flexibility index (Phi) is 11.9. The molecule has 2 heterocycles. The van der Waals surface area contributed by atoms with Crippen molar-refractivity contribution in [1.29, 1.82) is 0 Å². The molecule has 12 heteroatoms. The van der Waals surface area contributed by atoms with E-state index in [4.69, 9.17) is 14.9 Å². The molecule has 0 radical (unpaired) electrons. The SMILES string of the molecule is CC(C)Oc1ccccc1N1CCN(Cc2cccc(CNc3cc(=O)n(C)c(=O)n3C)c2)CC1.O=C(O)CCC(=O)O. The second kappa shape index (κ2) is 15.6. The number of para-hydroxylation sites is 2. The van der Waals surface area contributed by atoms with Crippen LogP contribution >= 0.6 is 0 Å². The third kappa shape index (κ3) is 10.0. The van der Waals surface area contributed by atoms with Crippen LogP contribution in [0, 0.1) is 0 Å². The Morgan fingerprint density at radius 2 is 1.49 bits per heavy atom. The fourth-order valence-electron chi connectivity index (χ4n) is 4.62.